The van der Waals surface area contributed by atoms with Gasteiger partial charge in [0.2, 0.25) is 5.91 Å². The number of hydrogen-bond donors (Lipinski definition) is 2. The van der Waals surface area contributed by atoms with Gasteiger partial charge in [0.05, 0.1) is 12.1 Å². The van der Waals surface area contributed by atoms with Crippen molar-refractivity contribution in [1.82, 2.24) is 4.90 Å². The van der Waals surface area contributed by atoms with Crippen molar-refractivity contribution in [2.45, 2.75) is 13.5 Å². The van der Waals surface area contributed by atoms with Crippen LogP contribution in [-0.4, -0.2) is 48.2 Å². The van der Waals surface area contributed by atoms with Gasteiger partial charge in [0.25, 0.3) is 0 Å². The fourth-order valence-electron chi connectivity index (χ4n) is 2.87. The Hall–Kier alpha value is -3.06. The van der Waals surface area contributed by atoms with Crippen LogP contribution in [0.1, 0.15) is 22.8 Å². The minimum Gasteiger partial charge on any atom is -0.486 e. The molecule has 1 amide bonds. The van der Waals surface area contributed by atoms with E-state index >= 15 is 0 Å². The molecule has 1 heterocycles. The number of anilines is 1. The molecule has 0 radical (unpaired) electrons. The molecule has 0 atom stereocenters. The quantitative estimate of drug-likeness (QED) is 0.779. The third kappa shape index (κ3) is 4.98. The first-order valence-corrected chi connectivity index (χ1v) is 8.79. The number of nitrogens with one attached hydrogen (secondary N) is 1. The first-order valence-electron chi connectivity index (χ1n) is 8.79. The number of likely N-dealkylation sites (N-methyl/N-ethyl adjacent to an activating group) is 1. The highest BCUT2D eigenvalue weighted by molar-refractivity contribution is 5.92. The zero-order valence-electron chi connectivity index (χ0n) is 15.1. The summed E-state index contributed by atoms with van der Waals surface area (Å²) in [5, 5.41) is 12.0. The third-order valence-corrected chi connectivity index (χ3v) is 4.22. The number of ether oxygens (including phenoxy) is 2. The highest BCUT2D eigenvalue weighted by atomic mass is 16.6. The van der Waals surface area contributed by atoms with Crippen LogP contribution in [0.15, 0.2) is 42.5 Å². The van der Waals surface area contributed by atoms with Crippen LogP contribution in [-0.2, 0) is 11.3 Å². The summed E-state index contributed by atoms with van der Waals surface area (Å²) in [6, 6.07) is 12.0. The Morgan fingerprint density at radius 3 is 2.63 bits per heavy atom. The average Bonchev–Trinajstić information content (AvgIpc) is 2.67. The van der Waals surface area contributed by atoms with E-state index in [1.807, 2.05) is 17.9 Å². The van der Waals surface area contributed by atoms with E-state index in [4.69, 9.17) is 14.6 Å². The molecule has 1 aliphatic rings. The molecule has 0 fully saturated rings. The number of aromatic carboxylic acids is 1. The molecule has 0 aliphatic carbocycles. The van der Waals surface area contributed by atoms with Gasteiger partial charge in [0.1, 0.15) is 13.2 Å². The van der Waals surface area contributed by atoms with E-state index < -0.39 is 5.97 Å². The van der Waals surface area contributed by atoms with Crippen molar-refractivity contribution < 1.29 is 24.2 Å². The van der Waals surface area contributed by atoms with Gasteiger partial charge in [0, 0.05) is 18.3 Å². The Balaban J connectivity index is 1.60. The van der Waals surface area contributed by atoms with Gasteiger partial charge in [-0.25, -0.2) is 4.79 Å². The summed E-state index contributed by atoms with van der Waals surface area (Å²) >= 11 is 0. The summed E-state index contributed by atoms with van der Waals surface area (Å²) < 4.78 is 11.0. The Morgan fingerprint density at radius 2 is 1.89 bits per heavy atom. The summed E-state index contributed by atoms with van der Waals surface area (Å²) in [5.74, 6) is 0.184. The Kier molecular flexibility index (Phi) is 5.93. The molecule has 7 heteroatoms. The predicted octanol–water partition coefficient (Wildman–Crippen LogP) is 2.62. The van der Waals surface area contributed by atoms with Crippen LogP contribution in [0.2, 0.25) is 0 Å². The maximum atomic E-state index is 12.4. The van der Waals surface area contributed by atoms with Crippen LogP contribution >= 0.6 is 0 Å². The number of carbonyl (C=O) groups excluding carboxylic acids is 1. The second-order valence-electron chi connectivity index (χ2n) is 6.22. The molecule has 27 heavy (non-hydrogen) atoms. The van der Waals surface area contributed by atoms with Crippen LogP contribution in [0.25, 0.3) is 0 Å². The minimum absolute atomic E-state index is 0.150. The fraction of sp³-hybridized carbons (Fsp3) is 0.300. The number of carboxylic acids is 1. The molecule has 0 unspecified atom stereocenters. The molecule has 2 aromatic rings. The molecule has 1 aliphatic heterocycles. The largest absolute Gasteiger partial charge is 0.486 e. The van der Waals surface area contributed by atoms with Crippen LogP contribution in [0.3, 0.4) is 0 Å². The SMILES string of the molecule is CCN(CC(=O)Nc1ccc2c(c1)OCCO2)Cc1cccc(C(=O)O)c1. The number of hydrogen-bond acceptors (Lipinski definition) is 5. The molecule has 0 bridgehead atoms. The lowest BCUT2D eigenvalue weighted by atomic mass is 10.1. The van der Waals surface area contributed by atoms with Crippen molar-refractivity contribution in [3.8, 4) is 11.5 Å². The van der Waals surface area contributed by atoms with Crippen molar-refractivity contribution >= 4 is 17.6 Å². The number of carbonyl (C=O) groups is 2. The van der Waals surface area contributed by atoms with Crippen LogP contribution in [0.4, 0.5) is 5.69 Å². The molecule has 0 aromatic heterocycles. The van der Waals surface area contributed by atoms with E-state index in [1.165, 1.54) is 0 Å². The molecular formula is C20H22N2O5. The Labute approximate surface area is 157 Å². The van der Waals surface area contributed by atoms with Gasteiger partial charge < -0.3 is 19.9 Å². The van der Waals surface area contributed by atoms with Crippen molar-refractivity contribution in [3.05, 3.63) is 53.6 Å². The lowest BCUT2D eigenvalue weighted by molar-refractivity contribution is -0.117. The lowest BCUT2D eigenvalue weighted by Crippen LogP contribution is -2.32. The number of rotatable bonds is 7. The summed E-state index contributed by atoms with van der Waals surface area (Å²) in [6.45, 7) is 4.31. The Morgan fingerprint density at radius 1 is 1.11 bits per heavy atom. The molecular weight excluding hydrogens is 348 g/mol. The summed E-state index contributed by atoms with van der Waals surface area (Å²) in [7, 11) is 0. The molecule has 0 spiro atoms. The molecule has 3 rings (SSSR count). The van der Waals surface area contributed by atoms with Gasteiger partial charge in [-0.2, -0.15) is 0 Å². The lowest BCUT2D eigenvalue weighted by Gasteiger charge is -2.21. The van der Waals surface area contributed by atoms with Gasteiger partial charge in [-0.05, 0) is 36.4 Å². The average molecular weight is 370 g/mol. The fourth-order valence-corrected chi connectivity index (χ4v) is 2.87. The van der Waals surface area contributed by atoms with Gasteiger partial charge in [-0.15, -0.1) is 0 Å². The molecule has 2 aromatic carbocycles. The molecule has 2 N–H and O–H groups in total. The van der Waals surface area contributed by atoms with E-state index in [1.54, 1.807) is 36.4 Å². The number of nitrogens with zero attached hydrogens (tertiary/aromatic N) is 1. The smallest absolute Gasteiger partial charge is 0.335 e. The highest BCUT2D eigenvalue weighted by Gasteiger charge is 2.15. The first-order chi connectivity index (χ1) is 13.0. The second kappa shape index (κ2) is 8.55. The van der Waals surface area contributed by atoms with Crippen molar-refractivity contribution in [2.24, 2.45) is 0 Å². The van der Waals surface area contributed by atoms with E-state index in [0.29, 0.717) is 43.5 Å². The van der Waals surface area contributed by atoms with Gasteiger partial charge >= 0.3 is 5.97 Å². The maximum absolute atomic E-state index is 12.4. The van der Waals surface area contributed by atoms with E-state index in [2.05, 4.69) is 5.32 Å². The normalized spacial score (nSPS) is 12.7. The van der Waals surface area contributed by atoms with Crippen molar-refractivity contribution in [2.75, 3.05) is 31.6 Å². The second-order valence-corrected chi connectivity index (χ2v) is 6.22. The van der Waals surface area contributed by atoms with Crippen LogP contribution in [0.5, 0.6) is 11.5 Å². The number of carboxylic acid groups (broad SMARTS) is 1. The zero-order valence-corrected chi connectivity index (χ0v) is 15.1. The summed E-state index contributed by atoms with van der Waals surface area (Å²) in [4.78, 5) is 25.4. The molecule has 7 nitrogen and oxygen atoms in total. The number of fused-ring (bicyclic) bond motifs is 1. The Bertz CT molecular complexity index is 837. The monoisotopic (exact) mass is 370 g/mol. The highest BCUT2D eigenvalue weighted by Crippen LogP contribution is 2.32. The van der Waals surface area contributed by atoms with E-state index in [0.717, 1.165) is 5.56 Å². The minimum atomic E-state index is -0.962. The van der Waals surface area contributed by atoms with E-state index in [-0.39, 0.29) is 18.0 Å². The van der Waals surface area contributed by atoms with Gasteiger partial charge in [0.15, 0.2) is 11.5 Å². The zero-order chi connectivity index (χ0) is 19.2. The third-order valence-electron chi connectivity index (χ3n) is 4.22. The van der Waals surface area contributed by atoms with Gasteiger partial charge in [-0.1, -0.05) is 19.1 Å². The molecule has 142 valence electrons. The van der Waals surface area contributed by atoms with E-state index in [9.17, 15) is 9.59 Å². The standard InChI is InChI=1S/C20H22N2O5/c1-2-22(12-14-4-3-5-15(10-14)20(24)25)13-19(23)21-16-6-7-17-18(11-16)27-9-8-26-17/h3-7,10-11H,2,8-9,12-13H2,1H3,(H,21,23)(H,24,25). The molecule has 0 saturated carbocycles. The topological polar surface area (TPSA) is 88.1 Å². The van der Waals surface area contributed by atoms with Crippen LogP contribution < -0.4 is 14.8 Å². The van der Waals surface area contributed by atoms with Crippen LogP contribution in [0, 0.1) is 0 Å². The number of benzene rings is 2. The predicted molar refractivity (Wildman–Crippen MR) is 100 cm³/mol. The van der Waals surface area contributed by atoms with Crippen molar-refractivity contribution in [3.63, 3.8) is 0 Å². The summed E-state index contributed by atoms with van der Waals surface area (Å²) in [5.41, 5.74) is 1.74. The first kappa shape index (κ1) is 18.7. The molecule has 0 saturated heterocycles. The van der Waals surface area contributed by atoms with Gasteiger partial charge in [-0.3, -0.25) is 9.69 Å². The number of amides is 1. The van der Waals surface area contributed by atoms with Crippen molar-refractivity contribution in [1.29, 1.82) is 0 Å². The maximum Gasteiger partial charge on any atom is 0.335 e. The summed E-state index contributed by atoms with van der Waals surface area (Å²) in [6.07, 6.45) is 0.